The van der Waals surface area contributed by atoms with Crippen molar-refractivity contribution in [2.75, 3.05) is 11.4 Å². The fourth-order valence-corrected chi connectivity index (χ4v) is 2.29. The lowest BCUT2D eigenvalue weighted by molar-refractivity contribution is -0.117. The second kappa shape index (κ2) is 3.63. The number of amides is 1. The number of aromatic nitrogens is 1. The Morgan fingerprint density at radius 1 is 1.41 bits per heavy atom. The maximum atomic E-state index is 11.7. The number of oxazole rings is 1. The van der Waals surface area contributed by atoms with E-state index >= 15 is 0 Å². The van der Waals surface area contributed by atoms with Crippen LogP contribution in [0, 0.1) is 0 Å². The first-order chi connectivity index (χ1) is 8.13. The monoisotopic (exact) mass is 252 g/mol. The molecule has 5 nitrogen and oxygen atoms in total. The van der Waals surface area contributed by atoms with E-state index in [1.54, 1.807) is 23.1 Å². The molecule has 1 N–H and O–H groups in total. The van der Waals surface area contributed by atoms with E-state index in [1.165, 1.54) is 0 Å². The smallest absolute Gasteiger partial charge is 0.408 e. The highest BCUT2D eigenvalue weighted by molar-refractivity contribution is 6.24. The second-order valence-electron chi connectivity index (χ2n) is 4.00. The summed E-state index contributed by atoms with van der Waals surface area (Å²) < 4.78 is 4.95. The number of halogens is 1. The maximum absolute atomic E-state index is 11.7. The number of anilines is 1. The minimum absolute atomic E-state index is 0.0118. The summed E-state index contributed by atoms with van der Waals surface area (Å²) >= 11 is 5.93. The lowest BCUT2D eigenvalue weighted by Crippen LogP contribution is -2.24. The molecule has 0 bridgehead atoms. The molecule has 0 saturated carbocycles. The largest absolute Gasteiger partial charge is 0.417 e. The predicted octanol–water partition coefficient (Wildman–Crippen LogP) is 1.47. The molecule has 1 aromatic carbocycles. The van der Waals surface area contributed by atoms with Crippen molar-refractivity contribution in [3.8, 4) is 0 Å². The van der Waals surface area contributed by atoms with Crippen LogP contribution in [-0.2, 0) is 4.79 Å². The zero-order valence-corrected chi connectivity index (χ0v) is 9.53. The van der Waals surface area contributed by atoms with Crippen molar-refractivity contribution < 1.29 is 9.21 Å². The zero-order chi connectivity index (χ0) is 12.0. The van der Waals surface area contributed by atoms with Crippen LogP contribution in [0.25, 0.3) is 11.1 Å². The molecule has 0 radical (unpaired) electrons. The van der Waals surface area contributed by atoms with E-state index in [1.807, 2.05) is 0 Å². The summed E-state index contributed by atoms with van der Waals surface area (Å²) in [5.74, 6) is -0.512. The number of fused-ring (bicyclic) bond motifs is 1. The van der Waals surface area contributed by atoms with Crippen LogP contribution in [0.3, 0.4) is 0 Å². The fourth-order valence-electron chi connectivity index (χ4n) is 2.02. The average Bonchev–Trinajstić information content (AvgIpc) is 2.78. The Labute approximate surface area is 101 Å². The number of nitrogens with one attached hydrogen (secondary N) is 1. The van der Waals surface area contributed by atoms with Gasteiger partial charge in [-0.1, -0.05) is 0 Å². The molecule has 1 amide bonds. The van der Waals surface area contributed by atoms with Gasteiger partial charge in [-0.25, -0.2) is 4.79 Å². The summed E-state index contributed by atoms with van der Waals surface area (Å²) in [4.78, 5) is 26.8. The van der Waals surface area contributed by atoms with Crippen LogP contribution in [-0.4, -0.2) is 22.8 Å². The van der Waals surface area contributed by atoms with E-state index in [2.05, 4.69) is 4.98 Å². The Morgan fingerprint density at radius 2 is 2.24 bits per heavy atom. The first-order valence-corrected chi connectivity index (χ1v) is 5.64. The van der Waals surface area contributed by atoms with Gasteiger partial charge in [0.2, 0.25) is 5.91 Å². The molecule has 17 heavy (non-hydrogen) atoms. The molecule has 88 valence electrons. The van der Waals surface area contributed by atoms with Crippen molar-refractivity contribution in [1.82, 2.24) is 4.98 Å². The Hall–Kier alpha value is -1.75. The van der Waals surface area contributed by atoms with Crippen LogP contribution < -0.4 is 10.7 Å². The molecule has 1 aliphatic rings. The third kappa shape index (κ3) is 1.72. The molecule has 1 aliphatic heterocycles. The summed E-state index contributed by atoms with van der Waals surface area (Å²) in [6.45, 7) is 0.487. The predicted molar refractivity (Wildman–Crippen MR) is 63.4 cm³/mol. The van der Waals surface area contributed by atoms with Gasteiger partial charge >= 0.3 is 5.76 Å². The van der Waals surface area contributed by atoms with E-state index in [0.29, 0.717) is 29.8 Å². The van der Waals surface area contributed by atoms with E-state index in [-0.39, 0.29) is 11.3 Å². The van der Waals surface area contributed by atoms with Gasteiger partial charge < -0.3 is 9.32 Å². The van der Waals surface area contributed by atoms with E-state index in [0.717, 1.165) is 0 Å². The van der Waals surface area contributed by atoms with Crippen LogP contribution in [0.5, 0.6) is 0 Å². The fraction of sp³-hybridized carbons (Fsp3) is 0.273. The zero-order valence-electron chi connectivity index (χ0n) is 8.77. The van der Waals surface area contributed by atoms with Gasteiger partial charge in [-0.3, -0.25) is 9.78 Å². The Kier molecular flexibility index (Phi) is 2.22. The lowest BCUT2D eigenvalue weighted by atomic mass is 10.2. The van der Waals surface area contributed by atoms with Gasteiger partial charge in [0.15, 0.2) is 5.58 Å². The molecular weight excluding hydrogens is 244 g/mol. The first kappa shape index (κ1) is 10.4. The number of aromatic amines is 1. The summed E-state index contributed by atoms with van der Waals surface area (Å²) in [5, 5.41) is -0.156. The quantitative estimate of drug-likeness (QED) is 0.782. The van der Waals surface area contributed by atoms with Crippen LogP contribution >= 0.6 is 11.6 Å². The molecule has 0 aliphatic carbocycles. The standard InChI is InChI=1S/C11H9ClN2O3/c12-6-3-10(15)14(5-6)7-1-2-8-9(4-7)17-11(16)13-8/h1-2,4,6H,3,5H2,(H,13,16). The van der Waals surface area contributed by atoms with Crippen molar-refractivity contribution in [1.29, 1.82) is 0 Å². The second-order valence-corrected chi connectivity index (χ2v) is 4.62. The lowest BCUT2D eigenvalue weighted by Gasteiger charge is -2.15. The topological polar surface area (TPSA) is 66.3 Å². The first-order valence-electron chi connectivity index (χ1n) is 5.21. The van der Waals surface area contributed by atoms with Gasteiger partial charge in [0.05, 0.1) is 10.9 Å². The van der Waals surface area contributed by atoms with Crippen molar-refractivity contribution in [3.63, 3.8) is 0 Å². The van der Waals surface area contributed by atoms with Crippen molar-refractivity contribution in [3.05, 3.63) is 28.7 Å². The molecule has 3 rings (SSSR count). The van der Waals surface area contributed by atoms with E-state index in [9.17, 15) is 9.59 Å². The summed E-state index contributed by atoms with van der Waals surface area (Å²) in [6, 6.07) is 5.14. The Balaban J connectivity index is 2.06. The molecular formula is C11H9ClN2O3. The Bertz CT molecular complexity index is 645. The summed E-state index contributed by atoms with van der Waals surface area (Å²) in [6.07, 6.45) is 0.344. The normalized spacial score (nSPS) is 20.4. The maximum Gasteiger partial charge on any atom is 0.417 e. The molecule has 2 aromatic rings. The van der Waals surface area contributed by atoms with Gasteiger partial charge in [-0.15, -0.1) is 11.6 Å². The van der Waals surface area contributed by atoms with Crippen molar-refractivity contribution >= 4 is 34.3 Å². The molecule has 0 spiro atoms. The molecule has 1 saturated heterocycles. The number of benzene rings is 1. The van der Waals surface area contributed by atoms with E-state index < -0.39 is 5.76 Å². The van der Waals surface area contributed by atoms with Crippen LogP contribution in [0.4, 0.5) is 5.69 Å². The number of nitrogens with zero attached hydrogens (tertiary/aromatic N) is 1. The van der Waals surface area contributed by atoms with Gasteiger partial charge in [0.25, 0.3) is 0 Å². The van der Waals surface area contributed by atoms with Crippen LogP contribution in [0.2, 0.25) is 0 Å². The number of hydrogen-bond acceptors (Lipinski definition) is 3. The van der Waals surface area contributed by atoms with Gasteiger partial charge in [-0.05, 0) is 12.1 Å². The van der Waals surface area contributed by atoms with Gasteiger partial charge in [0.1, 0.15) is 0 Å². The molecule has 2 heterocycles. The molecule has 1 unspecified atom stereocenters. The molecule has 1 aromatic heterocycles. The number of H-pyrrole nitrogens is 1. The van der Waals surface area contributed by atoms with Crippen LogP contribution in [0.15, 0.2) is 27.4 Å². The highest BCUT2D eigenvalue weighted by atomic mass is 35.5. The number of alkyl halides is 1. The summed E-state index contributed by atoms with van der Waals surface area (Å²) in [5.41, 5.74) is 1.76. The number of carbonyl (C=O) groups is 1. The van der Waals surface area contributed by atoms with Crippen molar-refractivity contribution in [2.45, 2.75) is 11.8 Å². The molecule has 1 fully saturated rings. The molecule has 1 atom stereocenters. The third-order valence-corrected chi connectivity index (χ3v) is 3.09. The van der Waals surface area contributed by atoms with Crippen molar-refractivity contribution in [2.24, 2.45) is 0 Å². The highest BCUT2D eigenvalue weighted by Crippen LogP contribution is 2.26. The van der Waals surface area contributed by atoms with E-state index in [4.69, 9.17) is 16.0 Å². The van der Waals surface area contributed by atoms with Gasteiger partial charge in [-0.2, -0.15) is 0 Å². The van der Waals surface area contributed by atoms with Gasteiger partial charge in [0, 0.05) is 24.7 Å². The number of carbonyl (C=O) groups excluding carboxylic acids is 1. The number of rotatable bonds is 1. The minimum atomic E-state index is -0.500. The summed E-state index contributed by atoms with van der Waals surface area (Å²) in [7, 11) is 0. The SMILES string of the molecule is O=C1CC(Cl)CN1c1ccc2[nH]c(=O)oc2c1. The van der Waals surface area contributed by atoms with Crippen LogP contribution in [0.1, 0.15) is 6.42 Å². The highest BCUT2D eigenvalue weighted by Gasteiger charge is 2.29. The number of hydrogen-bond donors (Lipinski definition) is 1. The Morgan fingerprint density at radius 3 is 2.94 bits per heavy atom. The molecule has 6 heteroatoms. The third-order valence-electron chi connectivity index (χ3n) is 2.79. The average molecular weight is 253 g/mol. The minimum Gasteiger partial charge on any atom is -0.408 e.